The Morgan fingerprint density at radius 3 is 1.90 bits per heavy atom. The van der Waals surface area contributed by atoms with Crippen LogP contribution in [0.4, 0.5) is 17.6 Å². The van der Waals surface area contributed by atoms with Crippen LogP contribution in [0.5, 0.6) is 0 Å². The molecule has 174 valence electrons. The minimum Gasteiger partial charge on any atom is -0.352 e. The van der Waals surface area contributed by atoms with E-state index < -0.39 is 17.9 Å². The smallest absolute Gasteiger partial charge is 0.352 e. The molecule has 3 aliphatic rings. The average molecular weight is 435 g/mol. The topological polar surface area (TPSA) is 18.5 Å². The van der Waals surface area contributed by atoms with Gasteiger partial charge in [0.25, 0.3) is 0 Å². The van der Waals surface area contributed by atoms with Gasteiger partial charge in [-0.05, 0) is 75.5 Å². The highest BCUT2D eigenvalue weighted by Crippen LogP contribution is 2.44. The molecule has 0 bridgehead atoms. The molecule has 2 aliphatic carbocycles. The molecular formula is C24H38F4O2. The monoisotopic (exact) mass is 434 g/mol. The fraction of sp³-hybridized carbons (Fsp3) is 0.917. The summed E-state index contributed by atoms with van der Waals surface area (Å²) in [5.74, 6) is 0.985. The van der Waals surface area contributed by atoms with Crippen LogP contribution in [0.3, 0.4) is 0 Å². The number of hydrogen-bond acceptors (Lipinski definition) is 2. The number of halogens is 4. The fourth-order valence-corrected chi connectivity index (χ4v) is 5.79. The van der Waals surface area contributed by atoms with Crippen molar-refractivity contribution in [1.29, 1.82) is 0 Å². The van der Waals surface area contributed by atoms with Crippen LogP contribution in [0.2, 0.25) is 0 Å². The van der Waals surface area contributed by atoms with Crippen LogP contribution in [-0.2, 0) is 9.47 Å². The van der Waals surface area contributed by atoms with Gasteiger partial charge in [-0.1, -0.05) is 26.2 Å². The van der Waals surface area contributed by atoms with E-state index in [0.717, 1.165) is 44.8 Å². The molecular weight excluding hydrogens is 396 g/mol. The van der Waals surface area contributed by atoms with Crippen LogP contribution in [-0.4, -0.2) is 25.7 Å². The number of rotatable bonds is 7. The molecule has 1 aliphatic heterocycles. The molecule has 0 unspecified atom stereocenters. The normalized spacial score (nSPS) is 36.6. The van der Waals surface area contributed by atoms with E-state index in [1.807, 2.05) is 0 Å². The van der Waals surface area contributed by atoms with Crippen molar-refractivity contribution in [3.05, 3.63) is 11.9 Å². The Morgan fingerprint density at radius 2 is 1.37 bits per heavy atom. The molecule has 1 saturated heterocycles. The van der Waals surface area contributed by atoms with E-state index in [1.165, 1.54) is 38.5 Å². The van der Waals surface area contributed by atoms with Gasteiger partial charge in [-0.15, -0.1) is 0 Å². The highest BCUT2D eigenvalue weighted by atomic mass is 19.4. The molecule has 1 heterocycles. The fourth-order valence-electron chi connectivity index (χ4n) is 5.79. The third kappa shape index (κ3) is 7.51. The summed E-state index contributed by atoms with van der Waals surface area (Å²) in [5.41, 5.74) is 0. The van der Waals surface area contributed by atoms with Crippen molar-refractivity contribution < 1.29 is 27.0 Å². The van der Waals surface area contributed by atoms with Crippen LogP contribution in [0, 0.1) is 29.6 Å². The maximum Gasteiger partial charge on any atom is 0.412 e. The molecule has 3 rings (SSSR count). The Hall–Kier alpha value is -0.620. The van der Waals surface area contributed by atoms with Crippen LogP contribution >= 0.6 is 0 Å². The largest absolute Gasteiger partial charge is 0.412 e. The molecule has 2 nitrogen and oxygen atoms in total. The van der Waals surface area contributed by atoms with Gasteiger partial charge in [0.05, 0.1) is 19.3 Å². The van der Waals surface area contributed by atoms with E-state index in [4.69, 9.17) is 9.47 Å². The van der Waals surface area contributed by atoms with Crippen molar-refractivity contribution in [1.82, 2.24) is 0 Å². The van der Waals surface area contributed by atoms with Gasteiger partial charge in [-0.25, -0.2) is 4.39 Å². The first-order chi connectivity index (χ1) is 14.3. The zero-order chi connectivity index (χ0) is 21.6. The van der Waals surface area contributed by atoms with Crippen LogP contribution in [0.25, 0.3) is 0 Å². The lowest BCUT2D eigenvalue weighted by atomic mass is 9.68. The summed E-state index contributed by atoms with van der Waals surface area (Å²) < 4.78 is 62.7. The number of alkyl halides is 3. The van der Waals surface area contributed by atoms with Gasteiger partial charge in [0.1, 0.15) is 5.83 Å². The minimum absolute atomic E-state index is 0.0363. The molecule has 0 atom stereocenters. The van der Waals surface area contributed by atoms with Crippen molar-refractivity contribution in [3.63, 3.8) is 0 Å². The Balaban J connectivity index is 1.31. The van der Waals surface area contributed by atoms with Crippen molar-refractivity contribution in [2.75, 3.05) is 13.2 Å². The van der Waals surface area contributed by atoms with Crippen molar-refractivity contribution >= 4 is 0 Å². The molecule has 6 heteroatoms. The number of hydrogen-bond donors (Lipinski definition) is 0. The third-order valence-corrected chi connectivity index (χ3v) is 7.56. The first-order valence-corrected chi connectivity index (χ1v) is 12.0. The highest BCUT2D eigenvalue weighted by Gasteiger charge is 2.34. The van der Waals surface area contributed by atoms with Crippen molar-refractivity contribution in [2.45, 2.75) is 96.4 Å². The maximum atomic E-state index is 13.8. The quantitative estimate of drug-likeness (QED) is 0.384. The molecule has 2 saturated carbocycles. The predicted octanol–water partition coefficient (Wildman–Crippen LogP) is 7.58. The summed E-state index contributed by atoms with van der Waals surface area (Å²) in [6.07, 6.45) is 7.41. The van der Waals surface area contributed by atoms with Crippen LogP contribution < -0.4 is 0 Å². The molecule has 0 aromatic rings. The van der Waals surface area contributed by atoms with Gasteiger partial charge in [0, 0.05) is 11.8 Å². The van der Waals surface area contributed by atoms with E-state index in [-0.39, 0.29) is 12.4 Å². The van der Waals surface area contributed by atoms with Crippen LogP contribution in [0.1, 0.15) is 84.0 Å². The molecule has 0 spiro atoms. The SMILES string of the molecule is CCCC1COC(CCC2CCC(C3CCC(/C(F)=C/C(F)(F)F)CC3)CC2)OC1. The summed E-state index contributed by atoms with van der Waals surface area (Å²) >= 11 is 0. The van der Waals surface area contributed by atoms with Gasteiger partial charge in [0.2, 0.25) is 0 Å². The second-order valence-corrected chi connectivity index (χ2v) is 9.79. The third-order valence-electron chi connectivity index (χ3n) is 7.56. The van der Waals surface area contributed by atoms with Crippen molar-refractivity contribution in [3.8, 4) is 0 Å². The Morgan fingerprint density at radius 1 is 0.800 bits per heavy atom. The van der Waals surface area contributed by atoms with Gasteiger partial charge in [-0.3, -0.25) is 0 Å². The van der Waals surface area contributed by atoms with E-state index in [9.17, 15) is 17.6 Å². The average Bonchev–Trinajstić information content (AvgIpc) is 2.73. The summed E-state index contributed by atoms with van der Waals surface area (Å²) in [7, 11) is 0. The second kappa shape index (κ2) is 11.3. The van der Waals surface area contributed by atoms with Crippen LogP contribution in [0.15, 0.2) is 11.9 Å². The summed E-state index contributed by atoms with van der Waals surface area (Å²) in [4.78, 5) is 0. The Kier molecular flexibility index (Phi) is 9.06. The lowest BCUT2D eigenvalue weighted by molar-refractivity contribution is -0.205. The molecule has 0 radical (unpaired) electrons. The van der Waals surface area contributed by atoms with E-state index in [0.29, 0.717) is 30.6 Å². The van der Waals surface area contributed by atoms with E-state index in [1.54, 1.807) is 0 Å². The van der Waals surface area contributed by atoms with Crippen molar-refractivity contribution in [2.24, 2.45) is 29.6 Å². The van der Waals surface area contributed by atoms with E-state index >= 15 is 0 Å². The summed E-state index contributed by atoms with van der Waals surface area (Å²) in [6, 6.07) is 0. The summed E-state index contributed by atoms with van der Waals surface area (Å²) in [5, 5.41) is 0. The summed E-state index contributed by atoms with van der Waals surface area (Å²) in [6.45, 7) is 3.84. The first-order valence-electron chi connectivity index (χ1n) is 12.0. The lowest BCUT2D eigenvalue weighted by Gasteiger charge is -2.38. The van der Waals surface area contributed by atoms with Gasteiger partial charge >= 0.3 is 6.18 Å². The first kappa shape index (κ1) is 24.0. The minimum atomic E-state index is -4.55. The highest BCUT2D eigenvalue weighted by molar-refractivity contribution is 5.03. The molecule has 3 fully saturated rings. The zero-order valence-electron chi connectivity index (χ0n) is 18.3. The molecule has 0 N–H and O–H groups in total. The molecule has 0 amide bonds. The number of allylic oxidation sites excluding steroid dienone is 2. The Labute approximate surface area is 178 Å². The Bertz CT molecular complexity index is 524. The zero-order valence-corrected chi connectivity index (χ0v) is 18.3. The second-order valence-electron chi connectivity index (χ2n) is 9.79. The van der Waals surface area contributed by atoms with Gasteiger partial charge in [0.15, 0.2) is 6.29 Å². The maximum absolute atomic E-state index is 13.8. The van der Waals surface area contributed by atoms with Gasteiger partial charge < -0.3 is 9.47 Å². The molecule has 0 aromatic heterocycles. The molecule has 30 heavy (non-hydrogen) atoms. The standard InChI is InChI=1S/C24H38F4O2/c1-2-3-18-15-29-23(30-16-18)13-6-17-4-7-19(8-5-17)20-9-11-21(12-10-20)22(25)14-24(26,27)28/h14,17-21,23H,2-13,15-16H2,1H3/b22-14-. The van der Waals surface area contributed by atoms with Gasteiger partial charge in [-0.2, -0.15) is 13.2 Å². The number of ether oxygens (including phenoxy) is 2. The predicted molar refractivity (Wildman–Crippen MR) is 109 cm³/mol. The lowest BCUT2D eigenvalue weighted by Crippen LogP contribution is -2.32. The molecule has 0 aromatic carbocycles. The van der Waals surface area contributed by atoms with E-state index in [2.05, 4.69) is 6.92 Å².